The molecule has 23 heavy (non-hydrogen) atoms. The van der Waals surface area contributed by atoms with Crippen LogP contribution in [-0.4, -0.2) is 76.5 Å². The van der Waals surface area contributed by atoms with Crippen LogP contribution in [0, 0.1) is 0 Å². The van der Waals surface area contributed by atoms with Crippen molar-refractivity contribution in [1.82, 2.24) is 10.2 Å². The molecule has 0 atom stereocenters. The number of amides is 1. The third-order valence-corrected chi connectivity index (χ3v) is 4.14. The van der Waals surface area contributed by atoms with Crippen molar-refractivity contribution >= 4 is 23.3 Å². The number of rotatable bonds is 7. The SMILES string of the molecule is COCCOC(=NCCN1CCOCC1)NC(=O)c1cccs1. The predicted octanol–water partition coefficient (Wildman–Crippen LogP) is 0.829. The second-order valence-corrected chi connectivity index (χ2v) is 5.86. The summed E-state index contributed by atoms with van der Waals surface area (Å²) in [5, 5.41) is 4.57. The Balaban J connectivity index is 1.84. The number of amidine groups is 1. The van der Waals surface area contributed by atoms with Gasteiger partial charge in [-0.15, -0.1) is 11.3 Å². The van der Waals surface area contributed by atoms with E-state index in [0.29, 0.717) is 24.6 Å². The molecule has 1 N–H and O–H groups in total. The summed E-state index contributed by atoms with van der Waals surface area (Å²) in [4.78, 5) is 19.4. The molecule has 2 heterocycles. The van der Waals surface area contributed by atoms with Gasteiger partial charge in [-0.25, -0.2) is 4.99 Å². The molecule has 0 aliphatic carbocycles. The highest BCUT2D eigenvalue weighted by Crippen LogP contribution is 2.07. The van der Waals surface area contributed by atoms with E-state index in [2.05, 4.69) is 15.2 Å². The van der Waals surface area contributed by atoms with Gasteiger partial charge in [-0.05, 0) is 11.4 Å². The smallest absolute Gasteiger partial charge is 0.291 e. The molecule has 1 aliphatic heterocycles. The maximum Gasteiger partial charge on any atom is 0.291 e. The number of carbonyl (C=O) groups excluding carboxylic acids is 1. The summed E-state index contributed by atoms with van der Waals surface area (Å²) < 4.78 is 15.8. The molecule has 0 saturated carbocycles. The van der Waals surface area contributed by atoms with E-state index in [1.165, 1.54) is 11.3 Å². The van der Waals surface area contributed by atoms with Crippen LogP contribution in [0.25, 0.3) is 0 Å². The molecule has 1 aliphatic rings. The minimum Gasteiger partial charge on any atom is -0.463 e. The van der Waals surface area contributed by atoms with Crippen molar-refractivity contribution in [2.24, 2.45) is 4.99 Å². The Morgan fingerprint density at radius 2 is 2.26 bits per heavy atom. The summed E-state index contributed by atoms with van der Waals surface area (Å²) in [5.41, 5.74) is 0. The molecule has 0 bridgehead atoms. The number of morpholine rings is 1. The van der Waals surface area contributed by atoms with Gasteiger partial charge in [0.15, 0.2) is 0 Å². The van der Waals surface area contributed by atoms with Crippen LogP contribution in [0.2, 0.25) is 0 Å². The first-order valence-corrected chi connectivity index (χ1v) is 8.48. The van der Waals surface area contributed by atoms with Crippen molar-refractivity contribution in [2.45, 2.75) is 0 Å². The molecule has 1 saturated heterocycles. The number of hydrogen-bond acceptors (Lipinski definition) is 7. The number of hydrogen-bond donors (Lipinski definition) is 1. The molecule has 0 radical (unpaired) electrons. The number of carbonyl (C=O) groups is 1. The van der Waals surface area contributed by atoms with Crippen molar-refractivity contribution in [3.05, 3.63) is 22.4 Å². The fourth-order valence-electron chi connectivity index (χ4n) is 2.03. The molecule has 0 spiro atoms. The first kappa shape index (κ1) is 17.9. The van der Waals surface area contributed by atoms with Gasteiger partial charge in [0.25, 0.3) is 11.9 Å². The second kappa shape index (κ2) is 10.3. The second-order valence-electron chi connectivity index (χ2n) is 4.91. The maximum atomic E-state index is 12.1. The lowest BCUT2D eigenvalue weighted by Crippen LogP contribution is -2.38. The monoisotopic (exact) mass is 341 g/mol. The Kier molecular flexibility index (Phi) is 8.02. The standard InChI is InChI=1S/C15H23N3O4S/c1-20-10-11-22-15(17-14(19)13-3-2-12-23-13)16-4-5-18-6-8-21-9-7-18/h2-3,12H,4-11H2,1H3,(H,16,17,19). The van der Waals surface area contributed by atoms with Gasteiger partial charge in [-0.1, -0.05) is 6.07 Å². The Morgan fingerprint density at radius 3 is 2.96 bits per heavy atom. The number of nitrogens with zero attached hydrogens (tertiary/aromatic N) is 2. The zero-order valence-corrected chi connectivity index (χ0v) is 14.1. The fraction of sp³-hybridized carbons (Fsp3) is 0.600. The molecule has 1 amide bonds. The fourth-order valence-corrected chi connectivity index (χ4v) is 2.65. The predicted molar refractivity (Wildman–Crippen MR) is 89.2 cm³/mol. The van der Waals surface area contributed by atoms with Gasteiger partial charge in [0.1, 0.15) is 6.61 Å². The highest BCUT2D eigenvalue weighted by molar-refractivity contribution is 7.12. The van der Waals surface area contributed by atoms with Crippen LogP contribution in [0.15, 0.2) is 22.5 Å². The molecule has 1 aromatic rings. The largest absolute Gasteiger partial charge is 0.463 e. The van der Waals surface area contributed by atoms with Gasteiger partial charge in [0.05, 0.1) is 31.2 Å². The van der Waals surface area contributed by atoms with Crippen LogP contribution >= 0.6 is 11.3 Å². The number of aliphatic imine (C=N–C) groups is 1. The van der Waals surface area contributed by atoms with Gasteiger partial charge < -0.3 is 14.2 Å². The first-order valence-electron chi connectivity index (χ1n) is 7.60. The Bertz CT molecular complexity index is 487. The minimum atomic E-state index is -0.206. The normalized spacial score (nSPS) is 16.3. The number of methoxy groups -OCH3 is 1. The van der Waals surface area contributed by atoms with E-state index < -0.39 is 0 Å². The zero-order valence-electron chi connectivity index (χ0n) is 13.3. The topological polar surface area (TPSA) is 72.4 Å². The summed E-state index contributed by atoms with van der Waals surface area (Å²) >= 11 is 1.38. The van der Waals surface area contributed by atoms with Gasteiger partial charge >= 0.3 is 0 Å². The molecule has 8 heteroatoms. The molecule has 0 aromatic carbocycles. The highest BCUT2D eigenvalue weighted by atomic mass is 32.1. The third-order valence-electron chi connectivity index (χ3n) is 3.27. The van der Waals surface area contributed by atoms with Crippen LogP contribution in [-0.2, 0) is 14.2 Å². The lowest BCUT2D eigenvalue weighted by atomic mass is 10.4. The van der Waals surface area contributed by atoms with Crippen LogP contribution in [0.5, 0.6) is 0 Å². The van der Waals surface area contributed by atoms with Crippen molar-refractivity contribution in [3.8, 4) is 0 Å². The van der Waals surface area contributed by atoms with E-state index in [0.717, 1.165) is 32.8 Å². The van der Waals surface area contributed by atoms with Crippen molar-refractivity contribution < 1.29 is 19.0 Å². The number of ether oxygens (including phenoxy) is 3. The molecular weight excluding hydrogens is 318 g/mol. The Hall–Kier alpha value is -1.48. The molecule has 1 fully saturated rings. The van der Waals surface area contributed by atoms with E-state index >= 15 is 0 Å². The highest BCUT2D eigenvalue weighted by Gasteiger charge is 2.12. The third kappa shape index (κ3) is 6.66. The maximum absolute atomic E-state index is 12.1. The molecule has 2 rings (SSSR count). The van der Waals surface area contributed by atoms with E-state index in [4.69, 9.17) is 14.2 Å². The van der Waals surface area contributed by atoms with Crippen molar-refractivity contribution in [1.29, 1.82) is 0 Å². The van der Waals surface area contributed by atoms with Crippen LogP contribution in [0.1, 0.15) is 9.67 Å². The molecule has 0 unspecified atom stereocenters. The molecule has 1 aromatic heterocycles. The van der Waals surface area contributed by atoms with Crippen molar-refractivity contribution in [3.63, 3.8) is 0 Å². The van der Waals surface area contributed by atoms with Gasteiger partial charge in [-0.3, -0.25) is 15.0 Å². The summed E-state index contributed by atoms with van der Waals surface area (Å²) in [7, 11) is 1.60. The van der Waals surface area contributed by atoms with E-state index in [-0.39, 0.29) is 11.9 Å². The molecule has 128 valence electrons. The minimum absolute atomic E-state index is 0.206. The summed E-state index contributed by atoms with van der Waals surface area (Å²) in [6, 6.07) is 3.84. The average Bonchev–Trinajstić information content (AvgIpc) is 3.10. The van der Waals surface area contributed by atoms with Crippen LogP contribution in [0.3, 0.4) is 0 Å². The lowest BCUT2D eigenvalue weighted by Gasteiger charge is -2.25. The van der Waals surface area contributed by atoms with Crippen molar-refractivity contribution in [2.75, 3.05) is 59.7 Å². The first-order chi connectivity index (χ1) is 11.3. The Morgan fingerprint density at radius 1 is 1.43 bits per heavy atom. The summed E-state index contributed by atoms with van der Waals surface area (Å²) in [5.74, 6) is -0.206. The Labute approximate surface area is 140 Å². The van der Waals surface area contributed by atoms with E-state index in [1.807, 2.05) is 11.4 Å². The molecular formula is C15H23N3O4S. The number of thiophene rings is 1. The lowest BCUT2D eigenvalue weighted by molar-refractivity contribution is 0.0393. The average molecular weight is 341 g/mol. The zero-order chi connectivity index (χ0) is 16.3. The van der Waals surface area contributed by atoms with Gasteiger partial charge in [0, 0.05) is 26.7 Å². The van der Waals surface area contributed by atoms with E-state index in [9.17, 15) is 4.79 Å². The number of nitrogens with one attached hydrogen (secondary N) is 1. The van der Waals surface area contributed by atoms with Gasteiger partial charge in [-0.2, -0.15) is 0 Å². The summed E-state index contributed by atoms with van der Waals surface area (Å²) in [6.45, 7) is 5.51. The van der Waals surface area contributed by atoms with Crippen LogP contribution in [0.4, 0.5) is 0 Å². The quantitative estimate of drug-likeness (QED) is 0.452. The van der Waals surface area contributed by atoms with Crippen LogP contribution < -0.4 is 5.32 Å². The van der Waals surface area contributed by atoms with Gasteiger partial charge in [0.2, 0.25) is 0 Å². The summed E-state index contributed by atoms with van der Waals surface area (Å²) in [6.07, 6.45) is 0. The molecule has 7 nitrogen and oxygen atoms in total. The van der Waals surface area contributed by atoms with E-state index in [1.54, 1.807) is 13.2 Å².